The summed E-state index contributed by atoms with van der Waals surface area (Å²) in [6.45, 7) is 2.18. The van der Waals surface area contributed by atoms with Gasteiger partial charge in [-0.15, -0.1) is 0 Å². The van der Waals surface area contributed by atoms with Crippen LogP contribution in [0.25, 0.3) is 22.2 Å². The van der Waals surface area contributed by atoms with Crippen molar-refractivity contribution in [3.05, 3.63) is 82.8 Å². The van der Waals surface area contributed by atoms with Crippen LogP contribution >= 0.6 is 0 Å². The third-order valence-corrected chi connectivity index (χ3v) is 4.80. The van der Waals surface area contributed by atoms with Gasteiger partial charge in [-0.2, -0.15) is 5.10 Å². The van der Waals surface area contributed by atoms with Crippen molar-refractivity contribution in [2.24, 2.45) is 0 Å². The Morgan fingerprint density at radius 1 is 1.07 bits per heavy atom. The minimum absolute atomic E-state index is 0.0966. The highest BCUT2D eigenvalue weighted by molar-refractivity contribution is 6.03. The van der Waals surface area contributed by atoms with E-state index in [4.69, 9.17) is 4.74 Å². The van der Waals surface area contributed by atoms with E-state index < -0.39 is 11.5 Å². The SMILES string of the molecule is CCn1nc(-c2ccccc2)c(C(=O)OC)c(Nc2cccc3ncccc23)c1=O. The van der Waals surface area contributed by atoms with Crippen LogP contribution in [-0.2, 0) is 11.3 Å². The van der Waals surface area contributed by atoms with Gasteiger partial charge in [-0.1, -0.05) is 36.4 Å². The fraction of sp³-hybridized carbons (Fsp3) is 0.130. The maximum Gasteiger partial charge on any atom is 0.342 e. The van der Waals surface area contributed by atoms with Crippen molar-refractivity contribution in [2.45, 2.75) is 13.5 Å². The standard InChI is InChI=1S/C23H20N4O3/c1-3-27-22(28)21(25-18-13-7-12-17-16(18)11-8-14-24-17)19(23(29)30-2)20(26-27)15-9-5-4-6-10-15/h4-14,25H,3H2,1-2H3. The van der Waals surface area contributed by atoms with E-state index in [-0.39, 0.29) is 11.3 Å². The zero-order chi connectivity index (χ0) is 21.1. The number of benzene rings is 2. The summed E-state index contributed by atoms with van der Waals surface area (Å²) < 4.78 is 6.35. The number of nitrogens with one attached hydrogen (secondary N) is 1. The predicted molar refractivity (Wildman–Crippen MR) is 116 cm³/mol. The van der Waals surface area contributed by atoms with E-state index in [2.05, 4.69) is 15.4 Å². The molecule has 4 aromatic rings. The fourth-order valence-corrected chi connectivity index (χ4v) is 3.35. The van der Waals surface area contributed by atoms with Crippen LogP contribution < -0.4 is 10.9 Å². The number of nitrogens with zero attached hydrogens (tertiary/aromatic N) is 3. The molecule has 0 saturated heterocycles. The molecule has 30 heavy (non-hydrogen) atoms. The van der Waals surface area contributed by atoms with Gasteiger partial charge in [0.2, 0.25) is 0 Å². The molecule has 0 atom stereocenters. The number of pyridine rings is 1. The zero-order valence-electron chi connectivity index (χ0n) is 16.6. The number of rotatable bonds is 5. The fourth-order valence-electron chi connectivity index (χ4n) is 3.35. The second kappa shape index (κ2) is 8.16. The molecule has 0 spiro atoms. The summed E-state index contributed by atoms with van der Waals surface area (Å²) in [5.41, 5.74) is 2.34. The van der Waals surface area contributed by atoms with E-state index in [1.807, 2.05) is 67.6 Å². The number of anilines is 2. The molecule has 7 heteroatoms. The maximum atomic E-state index is 13.2. The molecule has 0 fully saturated rings. The van der Waals surface area contributed by atoms with Gasteiger partial charge in [0.05, 0.1) is 12.6 Å². The van der Waals surface area contributed by atoms with Crippen LogP contribution in [0, 0.1) is 0 Å². The monoisotopic (exact) mass is 400 g/mol. The van der Waals surface area contributed by atoms with Gasteiger partial charge in [-0.25, -0.2) is 9.48 Å². The first-order valence-electron chi connectivity index (χ1n) is 9.53. The molecule has 2 aromatic carbocycles. The highest BCUT2D eigenvalue weighted by atomic mass is 16.5. The van der Waals surface area contributed by atoms with Crippen LogP contribution in [0.1, 0.15) is 17.3 Å². The van der Waals surface area contributed by atoms with Crippen molar-refractivity contribution in [1.29, 1.82) is 0 Å². The molecule has 4 rings (SSSR count). The maximum absolute atomic E-state index is 13.2. The van der Waals surface area contributed by atoms with E-state index in [9.17, 15) is 9.59 Å². The highest BCUT2D eigenvalue weighted by Gasteiger charge is 2.25. The van der Waals surface area contributed by atoms with Gasteiger partial charge < -0.3 is 10.1 Å². The van der Waals surface area contributed by atoms with Gasteiger partial charge in [0.1, 0.15) is 16.9 Å². The Morgan fingerprint density at radius 2 is 1.87 bits per heavy atom. The summed E-state index contributed by atoms with van der Waals surface area (Å²) in [5, 5.41) is 8.45. The Kier molecular flexibility index (Phi) is 5.26. The predicted octanol–water partition coefficient (Wildman–Crippen LogP) is 4.01. The molecule has 0 radical (unpaired) electrons. The van der Waals surface area contributed by atoms with Gasteiger partial charge in [-0.3, -0.25) is 9.78 Å². The van der Waals surface area contributed by atoms with E-state index >= 15 is 0 Å². The number of hydrogen-bond donors (Lipinski definition) is 1. The topological polar surface area (TPSA) is 86.1 Å². The lowest BCUT2D eigenvalue weighted by molar-refractivity contribution is 0.0602. The number of carbonyl (C=O) groups excluding carboxylic acids is 1. The summed E-state index contributed by atoms with van der Waals surface area (Å²) in [6.07, 6.45) is 1.70. The van der Waals surface area contributed by atoms with Crippen molar-refractivity contribution in [3.8, 4) is 11.3 Å². The number of fused-ring (bicyclic) bond motifs is 1. The second-order valence-electron chi connectivity index (χ2n) is 6.58. The molecule has 0 bridgehead atoms. The minimum Gasteiger partial charge on any atom is -0.465 e. The third kappa shape index (κ3) is 3.41. The molecule has 0 amide bonds. The zero-order valence-corrected chi connectivity index (χ0v) is 16.6. The molecular weight excluding hydrogens is 380 g/mol. The van der Waals surface area contributed by atoms with E-state index in [0.717, 1.165) is 10.9 Å². The van der Waals surface area contributed by atoms with Crippen molar-refractivity contribution < 1.29 is 9.53 Å². The van der Waals surface area contributed by atoms with Crippen LogP contribution in [0.5, 0.6) is 0 Å². The lowest BCUT2D eigenvalue weighted by Gasteiger charge is -2.17. The summed E-state index contributed by atoms with van der Waals surface area (Å²) in [7, 11) is 1.29. The lowest BCUT2D eigenvalue weighted by Crippen LogP contribution is -2.28. The largest absolute Gasteiger partial charge is 0.465 e. The quantitative estimate of drug-likeness (QED) is 0.510. The summed E-state index contributed by atoms with van der Waals surface area (Å²) >= 11 is 0. The van der Waals surface area contributed by atoms with Crippen molar-refractivity contribution in [2.75, 3.05) is 12.4 Å². The van der Waals surface area contributed by atoms with Gasteiger partial charge in [0, 0.05) is 29.4 Å². The van der Waals surface area contributed by atoms with E-state index in [0.29, 0.717) is 23.5 Å². The van der Waals surface area contributed by atoms with Crippen LogP contribution in [0.3, 0.4) is 0 Å². The highest BCUT2D eigenvalue weighted by Crippen LogP contribution is 2.30. The average Bonchev–Trinajstić information content (AvgIpc) is 2.80. The molecule has 150 valence electrons. The summed E-state index contributed by atoms with van der Waals surface area (Å²) in [6, 6.07) is 18.5. The van der Waals surface area contributed by atoms with Crippen LogP contribution in [0.4, 0.5) is 11.4 Å². The molecule has 0 saturated carbocycles. The Labute approximate surface area is 173 Å². The molecule has 0 aliphatic carbocycles. The first-order chi connectivity index (χ1) is 14.6. The molecule has 2 heterocycles. The molecule has 0 unspecified atom stereocenters. The van der Waals surface area contributed by atoms with Crippen LogP contribution in [0.15, 0.2) is 71.7 Å². The number of esters is 1. The summed E-state index contributed by atoms with van der Waals surface area (Å²) in [4.78, 5) is 30.3. The van der Waals surface area contributed by atoms with Gasteiger partial charge in [0.25, 0.3) is 5.56 Å². The molecule has 0 aliphatic heterocycles. The number of aryl methyl sites for hydroxylation is 1. The van der Waals surface area contributed by atoms with Crippen LogP contribution in [-0.4, -0.2) is 27.8 Å². The number of aromatic nitrogens is 3. The Bertz CT molecular complexity index is 1280. The van der Waals surface area contributed by atoms with E-state index in [1.165, 1.54) is 11.8 Å². The van der Waals surface area contributed by atoms with Crippen LogP contribution in [0.2, 0.25) is 0 Å². The number of ether oxygens (including phenoxy) is 1. The Hall–Kier alpha value is -4.00. The molecule has 0 aliphatic rings. The Balaban J connectivity index is 2.00. The molecule has 1 N–H and O–H groups in total. The van der Waals surface area contributed by atoms with Gasteiger partial charge >= 0.3 is 5.97 Å². The smallest absolute Gasteiger partial charge is 0.342 e. The van der Waals surface area contributed by atoms with Gasteiger partial charge in [0.15, 0.2) is 0 Å². The second-order valence-corrected chi connectivity index (χ2v) is 6.58. The first kappa shape index (κ1) is 19.3. The molecular formula is C23H20N4O3. The normalized spacial score (nSPS) is 10.7. The van der Waals surface area contributed by atoms with Crippen molar-refractivity contribution in [1.82, 2.24) is 14.8 Å². The van der Waals surface area contributed by atoms with Gasteiger partial charge in [-0.05, 0) is 31.2 Å². The third-order valence-electron chi connectivity index (χ3n) is 4.80. The number of methoxy groups -OCH3 is 1. The average molecular weight is 400 g/mol. The number of carbonyl (C=O) groups is 1. The van der Waals surface area contributed by atoms with Crippen molar-refractivity contribution >= 4 is 28.2 Å². The number of hydrogen-bond acceptors (Lipinski definition) is 6. The minimum atomic E-state index is -0.637. The van der Waals surface area contributed by atoms with E-state index in [1.54, 1.807) is 6.20 Å². The lowest BCUT2D eigenvalue weighted by atomic mass is 10.0. The Morgan fingerprint density at radius 3 is 2.60 bits per heavy atom. The first-order valence-corrected chi connectivity index (χ1v) is 9.53. The van der Waals surface area contributed by atoms with Crippen molar-refractivity contribution in [3.63, 3.8) is 0 Å². The summed E-state index contributed by atoms with van der Waals surface area (Å²) in [5.74, 6) is -0.637. The molecule has 2 aromatic heterocycles. The molecule has 7 nitrogen and oxygen atoms in total.